The number of alkyl halides is 2. The predicted octanol–water partition coefficient (Wildman–Crippen LogP) is 1.60. The van der Waals surface area contributed by atoms with Gasteiger partial charge in [-0.05, 0) is 12.1 Å². The Hall–Kier alpha value is -1.37. The van der Waals surface area contributed by atoms with E-state index in [4.69, 9.17) is 0 Å². The van der Waals surface area contributed by atoms with Crippen molar-refractivity contribution in [3.8, 4) is 0 Å². The van der Waals surface area contributed by atoms with Gasteiger partial charge in [0.15, 0.2) is 9.84 Å². The molecule has 1 aromatic carbocycles. The lowest BCUT2D eigenvalue weighted by Crippen LogP contribution is -2.24. The third-order valence-corrected chi connectivity index (χ3v) is 3.71. The number of sulfone groups is 1. The van der Waals surface area contributed by atoms with Gasteiger partial charge in [0, 0.05) is 23.8 Å². The van der Waals surface area contributed by atoms with E-state index >= 15 is 0 Å². The van der Waals surface area contributed by atoms with Gasteiger partial charge in [-0.3, -0.25) is 4.79 Å². The van der Waals surface area contributed by atoms with E-state index in [1.54, 1.807) is 0 Å². The monoisotopic (exact) mass is 264 g/mol. The Kier molecular flexibility index (Phi) is 2.36. The van der Waals surface area contributed by atoms with Gasteiger partial charge in [0.2, 0.25) is 5.78 Å². The van der Waals surface area contributed by atoms with Crippen LogP contribution < -0.4 is 0 Å². The summed E-state index contributed by atoms with van der Waals surface area (Å²) >= 11 is 0. The first-order valence-electron chi connectivity index (χ1n) is 4.58. The number of benzene rings is 1. The van der Waals surface area contributed by atoms with Crippen molar-refractivity contribution in [2.24, 2.45) is 0 Å². The second-order valence-electron chi connectivity index (χ2n) is 3.88. The van der Waals surface area contributed by atoms with Gasteiger partial charge in [-0.1, -0.05) is 0 Å². The number of halogens is 3. The number of Topliss-reactive ketones (excluding diaryl/α,β-unsaturated/α-hetero) is 1. The molecule has 0 unspecified atom stereocenters. The molecule has 1 aliphatic carbocycles. The molecule has 92 valence electrons. The van der Waals surface area contributed by atoms with Gasteiger partial charge >= 0.3 is 5.92 Å². The summed E-state index contributed by atoms with van der Waals surface area (Å²) in [6.45, 7) is 0. The van der Waals surface area contributed by atoms with Crippen LogP contribution in [-0.2, 0) is 16.3 Å². The predicted molar refractivity (Wildman–Crippen MR) is 52.5 cm³/mol. The van der Waals surface area contributed by atoms with Crippen molar-refractivity contribution in [3.63, 3.8) is 0 Å². The van der Waals surface area contributed by atoms with Crippen LogP contribution in [0.5, 0.6) is 0 Å². The van der Waals surface area contributed by atoms with Crippen molar-refractivity contribution in [2.45, 2.75) is 17.2 Å². The van der Waals surface area contributed by atoms with Gasteiger partial charge in [-0.2, -0.15) is 8.78 Å². The molecule has 0 N–H and O–H groups in total. The minimum absolute atomic E-state index is 0.525. The Morgan fingerprint density at radius 3 is 2.41 bits per heavy atom. The van der Waals surface area contributed by atoms with Crippen LogP contribution in [0.1, 0.15) is 15.9 Å². The summed E-state index contributed by atoms with van der Waals surface area (Å²) in [7, 11) is -3.85. The summed E-state index contributed by atoms with van der Waals surface area (Å²) in [6.07, 6.45) is -0.305. The molecular formula is C10H7F3O3S. The van der Waals surface area contributed by atoms with Gasteiger partial charge < -0.3 is 0 Å². The normalized spacial score (nSPS) is 18.2. The molecule has 0 saturated heterocycles. The van der Waals surface area contributed by atoms with E-state index in [2.05, 4.69) is 0 Å². The number of carbonyl (C=O) groups is 1. The van der Waals surface area contributed by atoms with Crippen molar-refractivity contribution in [1.82, 2.24) is 0 Å². The topological polar surface area (TPSA) is 51.2 Å². The Morgan fingerprint density at radius 2 is 1.88 bits per heavy atom. The quantitative estimate of drug-likeness (QED) is 0.724. The van der Waals surface area contributed by atoms with Crippen LogP contribution in [0.4, 0.5) is 13.2 Å². The number of carbonyl (C=O) groups excluding carboxylic acids is 1. The third-order valence-electron chi connectivity index (χ3n) is 2.58. The molecule has 0 fully saturated rings. The van der Waals surface area contributed by atoms with E-state index in [0.717, 1.165) is 18.4 Å². The smallest absolute Gasteiger partial charge is 0.287 e. The summed E-state index contributed by atoms with van der Waals surface area (Å²) < 4.78 is 62.3. The van der Waals surface area contributed by atoms with Gasteiger partial charge in [0.05, 0.1) is 4.90 Å². The number of ketones is 1. The molecule has 1 aromatic rings. The summed E-state index contributed by atoms with van der Waals surface area (Å²) in [5, 5.41) is 0. The minimum atomic E-state index is -3.85. The molecule has 17 heavy (non-hydrogen) atoms. The lowest BCUT2D eigenvalue weighted by atomic mass is 10.1. The molecule has 1 aliphatic rings. The summed E-state index contributed by atoms with van der Waals surface area (Å²) in [6, 6.07) is 1.62. The molecule has 0 aliphatic heterocycles. The van der Waals surface area contributed by atoms with Crippen LogP contribution in [-0.4, -0.2) is 26.4 Å². The van der Waals surface area contributed by atoms with E-state index in [-0.39, 0.29) is 0 Å². The molecule has 0 atom stereocenters. The highest BCUT2D eigenvalue weighted by Gasteiger charge is 2.50. The molecule has 7 heteroatoms. The molecule has 0 bridgehead atoms. The molecule has 0 radical (unpaired) electrons. The zero-order valence-electron chi connectivity index (χ0n) is 8.63. The number of rotatable bonds is 1. The average molecular weight is 264 g/mol. The fraction of sp³-hybridized carbons (Fsp3) is 0.300. The maximum absolute atomic E-state index is 13.3. The fourth-order valence-corrected chi connectivity index (χ4v) is 2.72. The third kappa shape index (κ3) is 1.74. The zero-order valence-corrected chi connectivity index (χ0v) is 9.45. The van der Waals surface area contributed by atoms with Crippen molar-refractivity contribution in [3.05, 3.63) is 29.1 Å². The zero-order chi connectivity index (χ0) is 13.0. The first-order valence-corrected chi connectivity index (χ1v) is 6.48. The second kappa shape index (κ2) is 3.32. The van der Waals surface area contributed by atoms with E-state index in [1.165, 1.54) is 0 Å². The molecule has 0 spiro atoms. The molecule has 0 aromatic heterocycles. The van der Waals surface area contributed by atoms with Crippen LogP contribution >= 0.6 is 0 Å². The Morgan fingerprint density at radius 1 is 1.29 bits per heavy atom. The van der Waals surface area contributed by atoms with Gasteiger partial charge in [0.25, 0.3) is 0 Å². The van der Waals surface area contributed by atoms with Crippen LogP contribution in [0.15, 0.2) is 17.0 Å². The average Bonchev–Trinajstić information content (AvgIpc) is 2.39. The van der Waals surface area contributed by atoms with E-state index < -0.39 is 49.8 Å². The van der Waals surface area contributed by atoms with Crippen LogP contribution in [0.25, 0.3) is 0 Å². The molecule has 0 saturated carbocycles. The van der Waals surface area contributed by atoms with Crippen LogP contribution in [0, 0.1) is 5.82 Å². The van der Waals surface area contributed by atoms with Crippen molar-refractivity contribution in [1.29, 1.82) is 0 Å². The molecule has 0 amide bonds. The van der Waals surface area contributed by atoms with E-state index in [1.807, 2.05) is 0 Å². The number of hydrogen-bond acceptors (Lipinski definition) is 3. The summed E-state index contributed by atoms with van der Waals surface area (Å²) in [5.41, 5.74) is -1.24. The van der Waals surface area contributed by atoms with Crippen LogP contribution in [0.3, 0.4) is 0 Å². The SMILES string of the molecule is CS(=O)(=O)c1ccc(F)c2c1C(=O)C(F)(F)C2. The highest BCUT2D eigenvalue weighted by Crippen LogP contribution is 2.38. The number of hydrogen-bond donors (Lipinski definition) is 0. The van der Waals surface area contributed by atoms with Crippen molar-refractivity contribution >= 4 is 15.6 Å². The Balaban J connectivity index is 2.82. The highest BCUT2D eigenvalue weighted by molar-refractivity contribution is 7.90. The second-order valence-corrected chi connectivity index (χ2v) is 5.87. The van der Waals surface area contributed by atoms with E-state index in [0.29, 0.717) is 0 Å². The Labute approximate surface area is 95.2 Å². The summed E-state index contributed by atoms with van der Waals surface area (Å²) in [5.74, 6) is -6.35. The molecule has 2 rings (SSSR count). The highest BCUT2D eigenvalue weighted by atomic mass is 32.2. The Bertz CT molecular complexity index is 620. The lowest BCUT2D eigenvalue weighted by Gasteiger charge is -2.06. The molecule has 3 nitrogen and oxygen atoms in total. The van der Waals surface area contributed by atoms with Gasteiger partial charge in [-0.15, -0.1) is 0 Å². The number of fused-ring (bicyclic) bond motifs is 1. The van der Waals surface area contributed by atoms with Crippen molar-refractivity contribution in [2.75, 3.05) is 6.26 Å². The summed E-state index contributed by atoms with van der Waals surface area (Å²) in [4.78, 5) is 10.8. The first-order chi connectivity index (χ1) is 7.64. The molecular weight excluding hydrogens is 257 g/mol. The largest absolute Gasteiger partial charge is 0.313 e. The maximum Gasteiger partial charge on any atom is 0.313 e. The maximum atomic E-state index is 13.3. The van der Waals surface area contributed by atoms with Crippen LogP contribution in [0.2, 0.25) is 0 Å². The van der Waals surface area contributed by atoms with Gasteiger partial charge in [-0.25, -0.2) is 12.8 Å². The van der Waals surface area contributed by atoms with Gasteiger partial charge in [0.1, 0.15) is 5.82 Å². The van der Waals surface area contributed by atoms with E-state index in [9.17, 15) is 26.4 Å². The minimum Gasteiger partial charge on any atom is -0.287 e. The first kappa shape index (κ1) is 12.1. The standard InChI is InChI=1S/C10H7F3O3S/c1-17(15,16)7-3-2-6(11)5-4-10(12,13)9(14)8(5)7/h2-3H,4H2,1H3. The molecule has 0 heterocycles. The lowest BCUT2D eigenvalue weighted by molar-refractivity contribution is 0.0164. The fourth-order valence-electron chi connectivity index (χ4n) is 1.82. The van der Waals surface area contributed by atoms with Crippen molar-refractivity contribution < 1.29 is 26.4 Å².